The van der Waals surface area contributed by atoms with Crippen LogP contribution in [0, 0.1) is 5.21 Å². The standard InChI is InChI=1S/C19H20N2O/c1-3-13-20(14-4-2)18-12-15-21(22)19(16-18)11-10-17-8-6-5-7-9-17/h3-12,15-16H,1-2,13-14H2. The summed E-state index contributed by atoms with van der Waals surface area (Å²) in [5.74, 6) is 0. The number of aromatic nitrogens is 1. The van der Waals surface area contributed by atoms with E-state index < -0.39 is 0 Å². The van der Waals surface area contributed by atoms with Crippen molar-refractivity contribution in [3.05, 3.63) is 90.4 Å². The minimum Gasteiger partial charge on any atom is -0.618 e. The van der Waals surface area contributed by atoms with Gasteiger partial charge in [-0.1, -0.05) is 42.5 Å². The third-order valence-corrected chi connectivity index (χ3v) is 3.24. The molecule has 3 nitrogen and oxygen atoms in total. The fourth-order valence-corrected chi connectivity index (χ4v) is 2.15. The van der Waals surface area contributed by atoms with Gasteiger partial charge in [0.15, 0.2) is 6.20 Å². The second-order valence-electron chi connectivity index (χ2n) is 4.86. The SMILES string of the molecule is C=CCN(CC=C)c1cc[n+]([O-])c(C=Cc2ccccc2)c1. The molecule has 2 aromatic rings. The fraction of sp³-hybridized carbons (Fsp3) is 0.105. The molecule has 0 aliphatic rings. The summed E-state index contributed by atoms with van der Waals surface area (Å²) in [4.78, 5) is 2.10. The third kappa shape index (κ3) is 4.09. The van der Waals surface area contributed by atoms with E-state index in [2.05, 4.69) is 18.1 Å². The Morgan fingerprint density at radius 1 is 1.00 bits per heavy atom. The van der Waals surface area contributed by atoms with Crippen LogP contribution >= 0.6 is 0 Å². The molecule has 1 heterocycles. The predicted molar refractivity (Wildman–Crippen MR) is 93.4 cm³/mol. The molecular weight excluding hydrogens is 272 g/mol. The van der Waals surface area contributed by atoms with Gasteiger partial charge in [0.2, 0.25) is 5.69 Å². The second kappa shape index (κ2) is 7.84. The van der Waals surface area contributed by atoms with Gasteiger partial charge in [-0.05, 0) is 11.6 Å². The fourth-order valence-electron chi connectivity index (χ4n) is 2.15. The Balaban J connectivity index is 2.28. The maximum Gasteiger partial charge on any atom is 0.218 e. The van der Waals surface area contributed by atoms with E-state index in [9.17, 15) is 5.21 Å². The zero-order valence-corrected chi connectivity index (χ0v) is 12.6. The number of anilines is 1. The molecule has 0 radical (unpaired) electrons. The molecule has 0 unspecified atom stereocenters. The van der Waals surface area contributed by atoms with Gasteiger partial charge in [0.1, 0.15) is 0 Å². The average Bonchev–Trinajstić information content (AvgIpc) is 2.55. The van der Waals surface area contributed by atoms with Gasteiger partial charge < -0.3 is 10.1 Å². The molecule has 2 rings (SSSR count). The number of nitrogens with zero attached hydrogens (tertiary/aromatic N) is 2. The number of hydrogen-bond acceptors (Lipinski definition) is 2. The van der Waals surface area contributed by atoms with Crippen molar-refractivity contribution in [2.24, 2.45) is 0 Å². The van der Waals surface area contributed by atoms with Gasteiger partial charge in [-0.3, -0.25) is 0 Å². The Morgan fingerprint density at radius 3 is 2.32 bits per heavy atom. The molecule has 3 heteroatoms. The molecule has 1 aromatic carbocycles. The van der Waals surface area contributed by atoms with Crippen LogP contribution in [-0.2, 0) is 0 Å². The highest BCUT2D eigenvalue weighted by molar-refractivity contribution is 5.68. The van der Waals surface area contributed by atoms with Crippen LogP contribution in [0.4, 0.5) is 5.69 Å². The maximum atomic E-state index is 11.9. The van der Waals surface area contributed by atoms with Crippen LogP contribution in [0.25, 0.3) is 12.2 Å². The van der Waals surface area contributed by atoms with E-state index in [1.54, 1.807) is 6.07 Å². The van der Waals surface area contributed by atoms with Crippen LogP contribution in [0.15, 0.2) is 74.0 Å². The summed E-state index contributed by atoms with van der Waals surface area (Å²) in [7, 11) is 0. The smallest absolute Gasteiger partial charge is 0.218 e. The summed E-state index contributed by atoms with van der Waals surface area (Å²) in [6.45, 7) is 8.94. The number of hydrogen-bond donors (Lipinski definition) is 0. The first-order chi connectivity index (χ1) is 10.7. The Hall–Kier alpha value is -2.81. The molecule has 0 aliphatic carbocycles. The summed E-state index contributed by atoms with van der Waals surface area (Å²) < 4.78 is 0.864. The van der Waals surface area contributed by atoms with Crippen molar-refractivity contribution in [3.8, 4) is 0 Å². The molecule has 0 bridgehead atoms. The minimum absolute atomic E-state index is 0.597. The van der Waals surface area contributed by atoms with Crippen molar-refractivity contribution in [1.82, 2.24) is 0 Å². The molecule has 0 amide bonds. The Labute approximate surface area is 131 Å². The molecule has 22 heavy (non-hydrogen) atoms. The molecule has 0 aliphatic heterocycles. The highest BCUT2D eigenvalue weighted by Gasteiger charge is 2.08. The quantitative estimate of drug-likeness (QED) is 0.443. The van der Waals surface area contributed by atoms with Gasteiger partial charge >= 0.3 is 0 Å². The topological polar surface area (TPSA) is 30.2 Å². The van der Waals surface area contributed by atoms with E-state index >= 15 is 0 Å². The van der Waals surface area contributed by atoms with E-state index in [1.807, 2.05) is 60.7 Å². The van der Waals surface area contributed by atoms with Crippen molar-refractivity contribution >= 4 is 17.8 Å². The van der Waals surface area contributed by atoms with E-state index in [0.717, 1.165) is 16.0 Å². The molecule has 0 saturated heterocycles. The van der Waals surface area contributed by atoms with Crippen LogP contribution in [0.3, 0.4) is 0 Å². The molecule has 0 atom stereocenters. The van der Waals surface area contributed by atoms with Crippen LogP contribution in [-0.4, -0.2) is 13.1 Å². The summed E-state index contributed by atoms with van der Waals surface area (Å²) in [5, 5.41) is 11.9. The first-order valence-electron chi connectivity index (χ1n) is 7.17. The monoisotopic (exact) mass is 292 g/mol. The maximum absolute atomic E-state index is 11.9. The predicted octanol–water partition coefficient (Wildman–Crippen LogP) is 3.67. The average molecular weight is 292 g/mol. The highest BCUT2D eigenvalue weighted by Crippen LogP contribution is 2.15. The van der Waals surface area contributed by atoms with Crippen molar-refractivity contribution in [2.75, 3.05) is 18.0 Å². The van der Waals surface area contributed by atoms with Crippen molar-refractivity contribution in [2.45, 2.75) is 0 Å². The summed E-state index contributed by atoms with van der Waals surface area (Å²) in [6.07, 6.45) is 8.95. The van der Waals surface area contributed by atoms with Gasteiger partial charge in [0.05, 0.1) is 0 Å². The lowest BCUT2D eigenvalue weighted by atomic mass is 10.2. The van der Waals surface area contributed by atoms with Gasteiger partial charge in [0.25, 0.3) is 0 Å². The Bertz CT molecular complexity index is 652. The van der Waals surface area contributed by atoms with Crippen LogP contribution in [0.2, 0.25) is 0 Å². The van der Waals surface area contributed by atoms with Crippen LogP contribution in [0.5, 0.6) is 0 Å². The zero-order chi connectivity index (χ0) is 15.8. The summed E-state index contributed by atoms with van der Waals surface area (Å²) in [6, 6.07) is 13.6. The minimum atomic E-state index is 0.597. The van der Waals surface area contributed by atoms with E-state index in [4.69, 9.17) is 0 Å². The molecule has 0 spiro atoms. The lowest BCUT2D eigenvalue weighted by Crippen LogP contribution is -2.31. The molecule has 0 saturated carbocycles. The normalized spacial score (nSPS) is 10.5. The zero-order valence-electron chi connectivity index (χ0n) is 12.6. The molecule has 1 aromatic heterocycles. The van der Waals surface area contributed by atoms with Crippen molar-refractivity contribution < 1.29 is 4.73 Å². The van der Waals surface area contributed by atoms with E-state index in [0.29, 0.717) is 18.8 Å². The molecule has 0 N–H and O–H groups in total. The van der Waals surface area contributed by atoms with Gasteiger partial charge in [-0.25, -0.2) is 0 Å². The molecule has 112 valence electrons. The second-order valence-corrected chi connectivity index (χ2v) is 4.86. The molecule has 0 fully saturated rings. The molecular formula is C19H20N2O. The summed E-state index contributed by atoms with van der Waals surface area (Å²) in [5.41, 5.74) is 2.63. The van der Waals surface area contributed by atoms with Gasteiger partial charge in [0, 0.05) is 37.0 Å². The third-order valence-electron chi connectivity index (χ3n) is 3.24. The highest BCUT2D eigenvalue weighted by atomic mass is 16.5. The van der Waals surface area contributed by atoms with Crippen molar-refractivity contribution in [3.63, 3.8) is 0 Å². The van der Waals surface area contributed by atoms with Crippen molar-refractivity contribution in [1.29, 1.82) is 0 Å². The number of rotatable bonds is 7. The summed E-state index contributed by atoms with van der Waals surface area (Å²) >= 11 is 0. The lowest BCUT2D eigenvalue weighted by Gasteiger charge is -2.21. The van der Waals surface area contributed by atoms with E-state index in [1.165, 1.54) is 6.20 Å². The Kier molecular flexibility index (Phi) is 5.55. The lowest BCUT2D eigenvalue weighted by molar-refractivity contribution is -0.607. The Morgan fingerprint density at radius 2 is 1.68 bits per heavy atom. The first-order valence-corrected chi connectivity index (χ1v) is 7.17. The van der Waals surface area contributed by atoms with Crippen LogP contribution < -0.4 is 9.63 Å². The number of benzene rings is 1. The van der Waals surface area contributed by atoms with E-state index in [-0.39, 0.29) is 0 Å². The number of pyridine rings is 1. The largest absolute Gasteiger partial charge is 0.618 e. The van der Waals surface area contributed by atoms with Gasteiger partial charge in [-0.2, -0.15) is 4.73 Å². The van der Waals surface area contributed by atoms with Crippen LogP contribution in [0.1, 0.15) is 11.3 Å². The first kappa shape index (κ1) is 15.6. The van der Waals surface area contributed by atoms with Gasteiger partial charge in [-0.15, -0.1) is 13.2 Å².